The van der Waals surface area contributed by atoms with E-state index in [1.807, 2.05) is 36.6 Å². The van der Waals surface area contributed by atoms with Crippen molar-refractivity contribution >= 4 is 33.1 Å². The monoisotopic (exact) mass is 443 g/mol. The van der Waals surface area contributed by atoms with Gasteiger partial charge in [-0.25, -0.2) is 4.98 Å². The van der Waals surface area contributed by atoms with Crippen LogP contribution in [0, 0.1) is 6.92 Å². The lowest BCUT2D eigenvalue weighted by Crippen LogP contribution is -2.28. The summed E-state index contributed by atoms with van der Waals surface area (Å²) < 4.78 is 40.8. The summed E-state index contributed by atoms with van der Waals surface area (Å²) in [6, 6.07) is 12.5. The Balaban J connectivity index is 1.60. The number of amides is 1. The Morgan fingerprint density at radius 2 is 1.84 bits per heavy atom. The number of thiophene rings is 1. The van der Waals surface area contributed by atoms with Gasteiger partial charge >= 0.3 is 6.18 Å². The second kappa shape index (κ2) is 7.99. The van der Waals surface area contributed by atoms with Crippen molar-refractivity contribution in [1.82, 2.24) is 9.55 Å². The molecule has 1 N–H and O–H groups in total. The lowest BCUT2D eigenvalue weighted by atomic mass is 10.1. The van der Waals surface area contributed by atoms with Crippen molar-refractivity contribution in [3.05, 3.63) is 81.7 Å². The second-order valence-corrected chi connectivity index (χ2v) is 7.84. The average Bonchev–Trinajstić information content (AvgIpc) is 3.15. The van der Waals surface area contributed by atoms with E-state index in [0.29, 0.717) is 10.2 Å². The molecule has 0 aliphatic carbocycles. The molecule has 0 saturated carbocycles. The molecule has 4 aromatic rings. The summed E-state index contributed by atoms with van der Waals surface area (Å²) in [6.45, 7) is 1.52. The molecule has 0 saturated heterocycles. The fourth-order valence-electron chi connectivity index (χ4n) is 3.18. The Labute approximate surface area is 178 Å². The third-order valence-electron chi connectivity index (χ3n) is 4.73. The van der Waals surface area contributed by atoms with Crippen LogP contribution in [-0.4, -0.2) is 15.5 Å². The number of anilines is 1. The molecule has 4 rings (SSSR count). The van der Waals surface area contributed by atoms with E-state index < -0.39 is 29.8 Å². The highest BCUT2D eigenvalue weighted by molar-refractivity contribution is 7.17. The van der Waals surface area contributed by atoms with Gasteiger partial charge in [-0.2, -0.15) is 13.2 Å². The van der Waals surface area contributed by atoms with Crippen LogP contribution in [0.3, 0.4) is 0 Å². The maximum Gasteiger partial charge on any atom is 0.418 e. The minimum atomic E-state index is -4.61. The van der Waals surface area contributed by atoms with Gasteiger partial charge in [0, 0.05) is 10.9 Å². The van der Waals surface area contributed by atoms with Gasteiger partial charge in [0.05, 0.1) is 23.1 Å². The molecule has 158 valence electrons. The zero-order valence-electron chi connectivity index (χ0n) is 16.2. The molecule has 0 aliphatic heterocycles. The Bertz CT molecular complexity index is 1320. The minimum Gasteiger partial charge on any atom is -0.324 e. The molecule has 0 spiro atoms. The number of para-hydroxylation sites is 1. The number of hydrogen-bond donors (Lipinski definition) is 1. The van der Waals surface area contributed by atoms with Gasteiger partial charge in [0.25, 0.3) is 5.56 Å². The van der Waals surface area contributed by atoms with Crippen LogP contribution >= 0.6 is 11.3 Å². The molecule has 2 aromatic heterocycles. The molecule has 0 bridgehead atoms. The fraction of sp³-hybridized carbons (Fsp3) is 0.136. The number of aryl methyl sites for hydroxylation is 1. The first-order valence-electron chi connectivity index (χ1n) is 9.24. The molecule has 0 radical (unpaired) electrons. The van der Waals surface area contributed by atoms with Crippen LogP contribution in [0.5, 0.6) is 0 Å². The number of nitrogens with zero attached hydrogens (tertiary/aromatic N) is 2. The molecule has 31 heavy (non-hydrogen) atoms. The summed E-state index contributed by atoms with van der Waals surface area (Å²) in [5.74, 6) is -0.754. The Morgan fingerprint density at radius 3 is 2.55 bits per heavy atom. The first-order chi connectivity index (χ1) is 14.7. The molecule has 2 aromatic carbocycles. The third-order valence-corrected chi connectivity index (χ3v) is 5.69. The summed E-state index contributed by atoms with van der Waals surface area (Å²) in [5, 5.41) is 4.06. The number of carbonyl (C=O) groups is 1. The topological polar surface area (TPSA) is 64.0 Å². The Hall–Kier alpha value is -3.46. The summed E-state index contributed by atoms with van der Waals surface area (Å²) in [6.07, 6.45) is -3.37. The van der Waals surface area contributed by atoms with Crippen LogP contribution in [0.4, 0.5) is 18.9 Å². The lowest BCUT2D eigenvalue weighted by Gasteiger charge is -2.13. The van der Waals surface area contributed by atoms with E-state index in [1.54, 1.807) is 0 Å². The molecule has 0 aliphatic rings. The minimum absolute atomic E-state index is 0.361. The molecule has 9 heteroatoms. The van der Waals surface area contributed by atoms with Crippen LogP contribution in [0.1, 0.15) is 11.1 Å². The van der Waals surface area contributed by atoms with Gasteiger partial charge in [0.15, 0.2) is 0 Å². The number of halogens is 3. The average molecular weight is 443 g/mol. The van der Waals surface area contributed by atoms with E-state index in [2.05, 4.69) is 10.3 Å². The predicted molar refractivity (Wildman–Crippen MR) is 114 cm³/mol. The van der Waals surface area contributed by atoms with E-state index in [0.717, 1.165) is 33.4 Å². The molecule has 2 heterocycles. The zero-order chi connectivity index (χ0) is 22.2. The van der Waals surface area contributed by atoms with Crippen LogP contribution in [0.15, 0.2) is 65.0 Å². The number of aromatic nitrogens is 2. The first-order valence-corrected chi connectivity index (χ1v) is 10.1. The molecular weight excluding hydrogens is 427 g/mol. The van der Waals surface area contributed by atoms with Crippen LogP contribution in [0.2, 0.25) is 0 Å². The number of benzene rings is 2. The van der Waals surface area contributed by atoms with Crippen molar-refractivity contribution < 1.29 is 18.0 Å². The number of nitrogens with one attached hydrogen (secondary N) is 1. The lowest BCUT2D eigenvalue weighted by molar-refractivity contribution is -0.137. The van der Waals surface area contributed by atoms with Gasteiger partial charge in [-0.1, -0.05) is 42.0 Å². The number of rotatable bonds is 4. The van der Waals surface area contributed by atoms with E-state index in [1.165, 1.54) is 29.8 Å². The quantitative estimate of drug-likeness (QED) is 0.478. The predicted octanol–water partition coefficient (Wildman–Crippen LogP) is 5.09. The summed E-state index contributed by atoms with van der Waals surface area (Å²) >= 11 is 1.21. The number of hydrogen-bond acceptors (Lipinski definition) is 4. The SMILES string of the molecule is Cc1ccc(-c2csc3c(=O)n(CC(=O)Nc4ccccc4C(F)(F)F)cnc23)cc1. The van der Waals surface area contributed by atoms with Gasteiger partial charge in [0.1, 0.15) is 11.2 Å². The van der Waals surface area contributed by atoms with Crippen molar-refractivity contribution in [2.24, 2.45) is 0 Å². The van der Waals surface area contributed by atoms with Gasteiger partial charge < -0.3 is 5.32 Å². The fourth-order valence-corrected chi connectivity index (χ4v) is 4.15. The normalized spacial score (nSPS) is 11.6. The molecule has 0 fully saturated rings. The largest absolute Gasteiger partial charge is 0.418 e. The van der Waals surface area contributed by atoms with E-state index in [-0.39, 0.29) is 5.69 Å². The zero-order valence-corrected chi connectivity index (χ0v) is 17.1. The number of carbonyl (C=O) groups excluding carboxylic acids is 1. The van der Waals surface area contributed by atoms with Gasteiger partial charge in [-0.15, -0.1) is 11.3 Å². The van der Waals surface area contributed by atoms with Gasteiger partial charge in [-0.05, 0) is 24.6 Å². The maximum absolute atomic E-state index is 13.1. The molecule has 5 nitrogen and oxygen atoms in total. The van der Waals surface area contributed by atoms with Crippen LogP contribution in [-0.2, 0) is 17.5 Å². The van der Waals surface area contributed by atoms with Crippen molar-refractivity contribution in [1.29, 1.82) is 0 Å². The highest BCUT2D eigenvalue weighted by Gasteiger charge is 2.33. The van der Waals surface area contributed by atoms with Crippen molar-refractivity contribution in [3.8, 4) is 11.1 Å². The summed E-state index contributed by atoms with van der Waals surface area (Å²) in [4.78, 5) is 29.5. The molecule has 0 atom stereocenters. The van der Waals surface area contributed by atoms with Crippen molar-refractivity contribution in [2.45, 2.75) is 19.6 Å². The van der Waals surface area contributed by atoms with Gasteiger partial charge in [0.2, 0.25) is 5.91 Å². The van der Waals surface area contributed by atoms with Crippen molar-refractivity contribution in [2.75, 3.05) is 5.32 Å². The van der Waals surface area contributed by atoms with Crippen molar-refractivity contribution in [3.63, 3.8) is 0 Å². The Morgan fingerprint density at radius 1 is 1.13 bits per heavy atom. The number of fused-ring (bicyclic) bond motifs is 1. The molecule has 0 unspecified atom stereocenters. The highest BCUT2D eigenvalue weighted by atomic mass is 32.1. The standard InChI is InChI=1S/C22H16F3N3O2S/c1-13-6-8-14(9-7-13)15-11-31-20-19(15)26-12-28(21(20)30)10-18(29)27-17-5-3-2-4-16(17)22(23,24)25/h2-9,11-12H,10H2,1H3,(H,27,29). The molecular formula is C22H16F3N3O2S. The summed E-state index contributed by atoms with van der Waals surface area (Å²) in [5.41, 5.74) is 1.63. The highest BCUT2D eigenvalue weighted by Crippen LogP contribution is 2.34. The van der Waals surface area contributed by atoms with E-state index in [4.69, 9.17) is 0 Å². The third kappa shape index (κ3) is 4.22. The van der Waals surface area contributed by atoms with Crippen LogP contribution in [0.25, 0.3) is 21.3 Å². The summed E-state index contributed by atoms with van der Waals surface area (Å²) in [7, 11) is 0. The second-order valence-electron chi connectivity index (χ2n) is 6.96. The Kier molecular flexibility index (Phi) is 5.36. The molecule has 1 amide bonds. The maximum atomic E-state index is 13.1. The smallest absolute Gasteiger partial charge is 0.324 e. The van der Waals surface area contributed by atoms with Gasteiger partial charge in [-0.3, -0.25) is 14.2 Å². The first kappa shape index (κ1) is 20.8. The number of alkyl halides is 3. The van der Waals surface area contributed by atoms with Crippen LogP contribution < -0.4 is 10.9 Å². The van der Waals surface area contributed by atoms with E-state index >= 15 is 0 Å². The van der Waals surface area contributed by atoms with E-state index in [9.17, 15) is 22.8 Å².